The number of hydrogen-bond donors (Lipinski definition) is 0. The van der Waals surface area contributed by atoms with Crippen LogP contribution in [-0.2, 0) is 0 Å². The molecule has 296 valence electrons. The van der Waals surface area contributed by atoms with Gasteiger partial charge in [-0.2, -0.15) is 8.78 Å². The van der Waals surface area contributed by atoms with Crippen molar-refractivity contribution in [2.24, 2.45) is 11.8 Å². The lowest BCUT2D eigenvalue weighted by atomic mass is 9.77. The average molecular weight is 765 g/mol. The molecule has 0 saturated heterocycles. The fourth-order valence-corrected chi connectivity index (χ4v) is 8.60. The van der Waals surface area contributed by atoms with Crippen molar-refractivity contribution in [3.63, 3.8) is 0 Å². The van der Waals surface area contributed by atoms with Crippen LogP contribution in [0.15, 0.2) is 86.0 Å². The number of benzene rings is 4. The van der Waals surface area contributed by atoms with Gasteiger partial charge in [0.2, 0.25) is 11.6 Å². The second kappa shape index (κ2) is 18.6. The normalized spacial score (nSPS) is 22.2. The Morgan fingerprint density at radius 2 is 1.21 bits per heavy atom. The number of hydrogen-bond acceptors (Lipinski definition) is 2. The van der Waals surface area contributed by atoms with Crippen molar-refractivity contribution in [3.05, 3.63) is 154 Å². The van der Waals surface area contributed by atoms with Crippen molar-refractivity contribution < 1.29 is 27.0 Å². The molecule has 0 amide bonds. The molecule has 2 fully saturated rings. The van der Waals surface area contributed by atoms with E-state index in [2.05, 4.69) is 27.0 Å². The predicted molar refractivity (Wildman–Crippen MR) is 221 cm³/mol. The van der Waals surface area contributed by atoms with E-state index in [4.69, 9.17) is 9.47 Å². The smallest absolute Gasteiger partial charge is 0.201 e. The Kier molecular flexibility index (Phi) is 13.6. The summed E-state index contributed by atoms with van der Waals surface area (Å²) in [5.41, 5.74) is 6.13. The molecule has 4 aromatic carbocycles. The first-order valence-corrected chi connectivity index (χ1v) is 20.5. The molecular formula is C50H56F4O2. The van der Waals surface area contributed by atoms with E-state index in [1.54, 1.807) is 18.2 Å². The van der Waals surface area contributed by atoms with Crippen molar-refractivity contribution >= 4 is 12.2 Å². The van der Waals surface area contributed by atoms with Gasteiger partial charge in [-0.3, -0.25) is 0 Å². The second-order valence-electron chi connectivity index (χ2n) is 16.0. The molecule has 0 N–H and O–H groups in total. The molecule has 0 radical (unpaired) electrons. The second-order valence-corrected chi connectivity index (χ2v) is 16.0. The van der Waals surface area contributed by atoms with E-state index in [0.717, 1.165) is 86.0 Å². The van der Waals surface area contributed by atoms with E-state index in [1.165, 1.54) is 12.5 Å². The summed E-state index contributed by atoms with van der Waals surface area (Å²) in [5.74, 6) is -1.79. The van der Waals surface area contributed by atoms with Gasteiger partial charge in [0.05, 0.1) is 0 Å². The van der Waals surface area contributed by atoms with Crippen molar-refractivity contribution in [1.82, 2.24) is 0 Å². The van der Waals surface area contributed by atoms with Gasteiger partial charge < -0.3 is 9.47 Å². The molecule has 0 spiro atoms. The number of rotatable bonds is 10. The number of fused-ring (bicyclic) bond motifs is 1. The van der Waals surface area contributed by atoms with Gasteiger partial charge in [-0.25, -0.2) is 8.78 Å². The Bertz CT molecular complexity index is 2000. The quantitative estimate of drug-likeness (QED) is 0.118. The zero-order chi connectivity index (χ0) is 39.9. The standard InChI is InChI=1S/C26H30F2O.C24H26F2O/c1-5-18-10-14-20(15-11-18)22-16-19(6-2)26(25(28)24(22)27)29-23(7-3)21-12-8-17(4)9-13-21;1-3-16-6-10-17(11-7-16)20-14-19-12-13-21(18-8-4-15(2)5-9-18)27-24(19)23(26)22(20)25/h6-9,12-13,16,18,20,23H,2-3,5,10-11,14-15H2,1,4H3;4-5,8-9,12-14,16-17,21H,3,6-7,10-11H2,1-2H3. The number of aryl methyl sites for hydroxylation is 2. The molecule has 4 aromatic rings. The Morgan fingerprint density at radius 1 is 0.696 bits per heavy atom. The monoisotopic (exact) mass is 764 g/mol. The summed E-state index contributed by atoms with van der Waals surface area (Å²) >= 11 is 0. The van der Waals surface area contributed by atoms with Crippen molar-refractivity contribution in [2.45, 2.75) is 116 Å². The van der Waals surface area contributed by atoms with Crippen LogP contribution in [0.2, 0.25) is 0 Å². The zero-order valence-corrected chi connectivity index (χ0v) is 33.4. The Balaban J connectivity index is 0.000000190. The summed E-state index contributed by atoms with van der Waals surface area (Å²) in [4.78, 5) is 0. The Hall–Kier alpha value is -4.58. The average Bonchev–Trinajstić information content (AvgIpc) is 3.23. The van der Waals surface area contributed by atoms with Crippen molar-refractivity contribution in [3.8, 4) is 11.5 Å². The Morgan fingerprint density at radius 3 is 1.73 bits per heavy atom. The molecule has 0 bridgehead atoms. The largest absolute Gasteiger partial charge is 0.478 e. The maximum absolute atomic E-state index is 15.1. The molecule has 1 heterocycles. The first-order chi connectivity index (χ1) is 27.0. The van der Waals surface area contributed by atoms with Crippen LogP contribution < -0.4 is 9.47 Å². The highest BCUT2D eigenvalue weighted by Crippen LogP contribution is 2.44. The van der Waals surface area contributed by atoms with Gasteiger partial charge in [-0.1, -0.05) is 112 Å². The van der Waals surface area contributed by atoms with Crippen molar-refractivity contribution in [1.29, 1.82) is 0 Å². The third kappa shape index (κ3) is 9.17. The SMILES string of the molecule is C=Cc1cc(C2CCC(CC)CC2)c(F)c(F)c1OC(C=C)c1ccc(C)cc1.CCC1CCC(c2cc3c(c(F)c2F)OC(c2ccc(C)cc2)C=C3)CC1. The van der Waals surface area contributed by atoms with Gasteiger partial charge in [0.15, 0.2) is 23.1 Å². The van der Waals surface area contributed by atoms with Gasteiger partial charge >= 0.3 is 0 Å². The maximum atomic E-state index is 15.1. The highest BCUT2D eigenvalue weighted by molar-refractivity contribution is 5.63. The zero-order valence-electron chi connectivity index (χ0n) is 33.4. The van der Waals surface area contributed by atoms with E-state index >= 15 is 8.78 Å². The van der Waals surface area contributed by atoms with Crippen LogP contribution in [0.4, 0.5) is 17.6 Å². The molecule has 2 nitrogen and oxygen atoms in total. The summed E-state index contributed by atoms with van der Waals surface area (Å²) < 4.78 is 71.6. The van der Waals surface area contributed by atoms with Crippen LogP contribution in [0, 0.1) is 49.0 Å². The third-order valence-corrected chi connectivity index (χ3v) is 12.4. The molecule has 2 aliphatic carbocycles. The summed E-state index contributed by atoms with van der Waals surface area (Å²) in [6.45, 7) is 16.0. The van der Waals surface area contributed by atoms with Crippen molar-refractivity contribution in [2.75, 3.05) is 0 Å². The lowest BCUT2D eigenvalue weighted by Crippen LogP contribution is -2.16. The highest BCUT2D eigenvalue weighted by atomic mass is 19.2. The molecule has 2 atom stereocenters. The maximum Gasteiger partial charge on any atom is 0.201 e. The van der Waals surface area contributed by atoms with Crippen LogP contribution in [0.3, 0.4) is 0 Å². The summed E-state index contributed by atoms with van der Waals surface area (Å²) in [6.07, 6.45) is 16.3. The molecule has 7 rings (SSSR count). The van der Waals surface area contributed by atoms with Gasteiger partial charge in [-0.15, -0.1) is 0 Å². The van der Waals surface area contributed by atoms with Crippen LogP contribution in [0.1, 0.15) is 147 Å². The Labute approximate surface area is 331 Å². The van der Waals surface area contributed by atoms with E-state index in [9.17, 15) is 8.78 Å². The van der Waals surface area contributed by atoms with E-state index in [-0.39, 0.29) is 23.3 Å². The first-order valence-electron chi connectivity index (χ1n) is 20.5. The minimum absolute atomic E-state index is 0.0339. The molecule has 0 aromatic heterocycles. The van der Waals surface area contributed by atoms with E-state index in [1.807, 2.05) is 74.5 Å². The molecule has 1 aliphatic heterocycles. The topological polar surface area (TPSA) is 18.5 Å². The minimum atomic E-state index is -0.936. The third-order valence-electron chi connectivity index (χ3n) is 12.4. The molecule has 56 heavy (non-hydrogen) atoms. The summed E-state index contributed by atoms with van der Waals surface area (Å²) in [6, 6.07) is 19.2. The highest BCUT2D eigenvalue weighted by Gasteiger charge is 2.31. The van der Waals surface area contributed by atoms with Crippen LogP contribution in [-0.4, -0.2) is 0 Å². The first kappa shape index (κ1) is 41.1. The number of halogens is 4. The van der Waals surface area contributed by atoms with Gasteiger partial charge in [0.1, 0.15) is 12.2 Å². The van der Waals surface area contributed by atoms with Gasteiger partial charge in [0.25, 0.3) is 0 Å². The van der Waals surface area contributed by atoms with E-state index < -0.39 is 35.5 Å². The molecule has 3 aliphatic rings. The minimum Gasteiger partial charge on any atom is -0.478 e. The summed E-state index contributed by atoms with van der Waals surface area (Å²) in [5, 5.41) is 0. The van der Waals surface area contributed by atoms with Crippen LogP contribution in [0.5, 0.6) is 11.5 Å². The fraction of sp³-hybridized carbons (Fsp3) is 0.400. The molecular weight excluding hydrogens is 709 g/mol. The molecule has 2 unspecified atom stereocenters. The van der Waals surface area contributed by atoms with Gasteiger partial charge in [0, 0.05) is 11.1 Å². The van der Waals surface area contributed by atoms with Crippen LogP contribution in [0.25, 0.3) is 12.2 Å². The van der Waals surface area contributed by atoms with Crippen LogP contribution >= 0.6 is 0 Å². The number of ether oxygens (including phenoxy) is 2. The lowest BCUT2D eigenvalue weighted by molar-refractivity contribution is 0.234. The molecule has 6 heteroatoms. The summed E-state index contributed by atoms with van der Waals surface area (Å²) in [7, 11) is 0. The fourth-order valence-electron chi connectivity index (χ4n) is 8.60. The van der Waals surface area contributed by atoms with Gasteiger partial charge in [-0.05, 0) is 135 Å². The molecule has 2 saturated carbocycles. The predicted octanol–water partition coefficient (Wildman–Crippen LogP) is 15.0. The lowest BCUT2D eigenvalue weighted by Gasteiger charge is -2.30. The van der Waals surface area contributed by atoms with E-state index in [0.29, 0.717) is 28.2 Å².